The van der Waals surface area contributed by atoms with Gasteiger partial charge in [0, 0.05) is 18.8 Å². The number of aryl methyl sites for hydroxylation is 1. The first-order chi connectivity index (χ1) is 8.41. The van der Waals surface area contributed by atoms with Crippen LogP contribution in [0.5, 0.6) is 0 Å². The summed E-state index contributed by atoms with van der Waals surface area (Å²) >= 11 is 17.1. The van der Waals surface area contributed by atoms with Crippen molar-refractivity contribution in [3.8, 4) is 0 Å². The fourth-order valence-electron chi connectivity index (χ4n) is 2.29. The summed E-state index contributed by atoms with van der Waals surface area (Å²) in [6, 6.07) is 1.92. The van der Waals surface area contributed by atoms with Crippen LogP contribution in [0.1, 0.15) is 41.7 Å². The van der Waals surface area contributed by atoms with Gasteiger partial charge in [0.05, 0.1) is 5.69 Å². The minimum absolute atomic E-state index is 0.471. The Morgan fingerprint density at radius 3 is 2.61 bits per heavy atom. The molecule has 1 heterocycles. The highest BCUT2D eigenvalue weighted by molar-refractivity contribution is 6.77. The molecule has 0 amide bonds. The van der Waals surface area contributed by atoms with Crippen LogP contribution in [0.25, 0.3) is 5.57 Å². The van der Waals surface area contributed by atoms with Gasteiger partial charge in [0.15, 0.2) is 0 Å². The normalized spacial score (nSPS) is 16.6. The predicted octanol–water partition coefficient (Wildman–Crippen LogP) is 4.54. The van der Waals surface area contributed by atoms with E-state index < -0.39 is 9.58 Å². The lowest BCUT2D eigenvalue weighted by Crippen LogP contribution is -2.22. The maximum atomic E-state index is 12.2. The third-order valence-electron chi connectivity index (χ3n) is 3.18. The molecule has 0 spiro atoms. The van der Waals surface area contributed by atoms with Crippen molar-refractivity contribution < 1.29 is 4.79 Å². The lowest BCUT2D eigenvalue weighted by atomic mass is 9.93. The Kier molecular flexibility index (Phi) is 4.10. The number of Topliss-reactive ketones (excluding diaryl/α,β-unsaturated/α-hetero) is 1. The zero-order valence-electron chi connectivity index (χ0n) is 10.0. The van der Waals surface area contributed by atoms with E-state index in [1.165, 1.54) is 12.0 Å². The van der Waals surface area contributed by atoms with E-state index in [1.807, 2.05) is 12.3 Å². The van der Waals surface area contributed by atoms with Crippen LogP contribution in [0.15, 0.2) is 18.3 Å². The van der Waals surface area contributed by atoms with E-state index in [0.29, 0.717) is 5.69 Å². The van der Waals surface area contributed by atoms with Gasteiger partial charge in [-0.05, 0) is 37.3 Å². The van der Waals surface area contributed by atoms with Gasteiger partial charge in [0.25, 0.3) is 3.79 Å². The van der Waals surface area contributed by atoms with Crippen molar-refractivity contribution in [2.24, 2.45) is 7.05 Å². The molecule has 5 heteroatoms. The van der Waals surface area contributed by atoms with Gasteiger partial charge in [-0.2, -0.15) is 0 Å². The van der Waals surface area contributed by atoms with Crippen LogP contribution in [0.2, 0.25) is 0 Å². The lowest BCUT2D eigenvalue weighted by Gasteiger charge is -2.16. The highest BCUT2D eigenvalue weighted by Crippen LogP contribution is 2.35. The molecular weight excluding hydrogens is 293 g/mol. The molecule has 0 atom stereocenters. The number of alkyl halides is 3. The van der Waals surface area contributed by atoms with Crippen LogP contribution in [0.4, 0.5) is 0 Å². The molecule has 0 fully saturated rings. The summed E-state index contributed by atoms with van der Waals surface area (Å²) in [5, 5.41) is 0. The van der Waals surface area contributed by atoms with Crippen molar-refractivity contribution in [1.82, 2.24) is 4.57 Å². The summed E-state index contributed by atoms with van der Waals surface area (Å²) in [7, 11) is 1.79. The van der Waals surface area contributed by atoms with Crippen LogP contribution in [0.3, 0.4) is 0 Å². The first kappa shape index (κ1) is 14.0. The fourth-order valence-corrected chi connectivity index (χ4v) is 2.56. The van der Waals surface area contributed by atoms with Gasteiger partial charge in [-0.3, -0.25) is 4.79 Å². The number of hydrogen-bond acceptors (Lipinski definition) is 1. The Morgan fingerprint density at radius 1 is 1.33 bits per heavy atom. The SMILES string of the molecule is Cn1ccc(C2=CCCCC2)c1C(=O)C(Cl)(Cl)Cl. The second-order valence-electron chi connectivity index (χ2n) is 4.49. The number of rotatable bonds is 2. The maximum absolute atomic E-state index is 12.2. The average Bonchev–Trinajstić information content (AvgIpc) is 2.70. The Bertz CT molecular complexity index is 497. The molecule has 0 saturated carbocycles. The molecule has 2 rings (SSSR count). The smallest absolute Gasteiger partial charge is 0.255 e. The number of carbonyl (C=O) groups is 1. The number of halogens is 3. The largest absolute Gasteiger partial charge is 0.348 e. The molecule has 98 valence electrons. The first-order valence-electron chi connectivity index (χ1n) is 5.87. The van der Waals surface area contributed by atoms with Crippen molar-refractivity contribution in [3.05, 3.63) is 29.6 Å². The van der Waals surface area contributed by atoms with Crippen molar-refractivity contribution >= 4 is 46.2 Å². The Morgan fingerprint density at radius 2 is 2.06 bits per heavy atom. The molecule has 2 nitrogen and oxygen atoms in total. The molecule has 1 aromatic rings. The van der Waals surface area contributed by atoms with Crippen molar-refractivity contribution in [2.75, 3.05) is 0 Å². The number of aromatic nitrogens is 1. The third-order valence-corrected chi connectivity index (χ3v) is 3.70. The first-order valence-corrected chi connectivity index (χ1v) is 7.01. The van der Waals surface area contributed by atoms with Gasteiger partial charge in [-0.1, -0.05) is 40.9 Å². The number of nitrogens with zero attached hydrogens (tertiary/aromatic N) is 1. The molecule has 0 aliphatic heterocycles. The summed E-state index contributed by atoms with van der Waals surface area (Å²) in [6.07, 6.45) is 8.37. The monoisotopic (exact) mass is 305 g/mol. The molecule has 0 radical (unpaired) electrons. The van der Waals surface area contributed by atoms with E-state index in [1.54, 1.807) is 11.6 Å². The average molecular weight is 307 g/mol. The van der Waals surface area contributed by atoms with Gasteiger partial charge in [0.1, 0.15) is 0 Å². The van der Waals surface area contributed by atoms with Crippen LogP contribution >= 0.6 is 34.8 Å². The summed E-state index contributed by atoms with van der Waals surface area (Å²) < 4.78 is -0.189. The van der Waals surface area contributed by atoms with Crippen LogP contribution in [0, 0.1) is 0 Å². The number of carbonyl (C=O) groups excluding carboxylic acids is 1. The topological polar surface area (TPSA) is 22.0 Å². The second kappa shape index (κ2) is 5.28. The zero-order valence-corrected chi connectivity index (χ0v) is 12.3. The summed E-state index contributed by atoms with van der Waals surface area (Å²) in [6.45, 7) is 0. The molecule has 0 unspecified atom stereocenters. The Hall–Kier alpha value is -0.440. The summed E-state index contributed by atoms with van der Waals surface area (Å²) in [5.41, 5.74) is 2.55. The fraction of sp³-hybridized carbons (Fsp3) is 0.462. The maximum Gasteiger partial charge on any atom is 0.255 e. The Labute approximate surface area is 122 Å². The molecule has 0 N–H and O–H groups in total. The molecule has 1 aliphatic rings. The van der Waals surface area contributed by atoms with E-state index in [4.69, 9.17) is 34.8 Å². The van der Waals surface area contributed by atoms with E-state index in [-0.39, 0.29) is 0 Å². The Balaban J connectivity index is 2.45. The number of ketones is 1. The summed E-state index contributed by atoms with van der Waals surface area (Å²) in [4.78, 5) is 12.2. The molecule has 1 aromatic heterocycles. The van der Waals surface area contributed by atoms with Crippen molar-refractivity contribution in [2.45, 2.75) is 29.5 Å². The van der Waals surface area contributed by atoms with Gasteiger partial charge in [-0.15, -0.1) is 0 Å². The standard InChI is InChI=1S/C13H14Cl3NO/c1-17-8-7-10(9-5-3-2-4-6-9)11(17)12(18)13(14,15)16/h5,7-8H,2-4,6H2,1H3. The molecule has 18 heavy (non-hydrogen) atoms. The minimum atomic E-state index is -1.91. The molecular formula is C13H14Cl3NO. The highest BCUT2D eigenvalue weighted by Gasteiger charge is 2.35. The quantitative estimate of drug-likeness (QED) is 0.581. The predicted molar refractivity (Wildman–Crippen MR) is 76.5 cm³/mol. The molecule has 0 saturated heterocycles. The molecule has 0 aromatic carbocycles. The van der Waals surface area contributed by atoms with Crippen LogP contribution in [-0.4, -0.2) is 14.1 Å². The van der Waals surface area contributed by atoms with E-state index in [0.717, 1.165) is 24.8 Å². The molecule has 0 bridgehead atoms. The van der Waals surface area contributed by atoms with E-state index >= 15 is 0 Å². The van der Waals surface area contributed by atoms with Crippen LogP contribution < -0.4 is 0 Å². The third kappa shape index (κ3) is 2.76. The summed E-state index contributed by atoms with van der Waals surface area (Å²) in [5.74, 6) is -0.471. The second-order valence-corrected chi connectivity index (χ2v) is 6.77. The zero-order chi connectivity index (χ0) is 13.3. The van der Waals surface area contributed by atoms with Crippen LogP contribution in [-0.2, 0) is 7.05 Å². The van der Waals surface area contributed by atoms with Gasteiger partial charge in [0.2, 0.25) is 5.78 Å². The van der Waals surface area contributed by atoms with E-state index in [2.05, 4.69) is 6.08 Å². The highest BCUT2D eigenvalue weighted by atomic mass is 35.6. The van der Waals surface area contributed by atoms with Gasteiger partial charge < -0.3 is 4.57 Å². The van der Waals surface area contributed by atoms with Crippen molar-refractivity contribution in [3.63, 3.8) is 0 Å². The lowest BCUT2D eigenvalue weighted by molar-refractivity contribution is 0.0988. The van der Waals surface area contributed by atoms with Gasteiger partial charge >= 0.3 is 0 Å². The number of hydrogen-bond donors (Lipinski definition) is 0. The van der Waals surface area contributed by atoms with Crippen molar-refractivity contribution in [1.29, 1.82) is 0 Å². The number of allylic oxidation sites excluding steroid dienone is 2. The van der Waals surface area contributed by atoms with E-state index in [9.17, 15) is 4.79 Å². The minimum Gasteiger partial charge on any atom is -0.348 e. The molecule has 1 aliphatic carbocycles. The van der Waals surface area contributed by atoms with Gasteiger partial charge in [-0.25, -0.2) is 0 Å².